The average Bonchev–Trinajstić information content (AvgIpc) is 2.87. The average molecular weight is 249 g/mol. The highest BCUT2D eigenvalue weighted by Crippen LogP contribution is 2.36. The van der Waals surface area contributed by atoms with E-state index in [1.54, 1.807) is 14.2 Å². The number of hydrogen-bond donors (Lipinski definition) is 1. The van der Waals surface area contributed by atoms with Gasteiger partial charge in [-0.1, -0.05) is 0 Å². The summed E-state index contributed by atoms with van der Waals surface area (Å²) in [5.41, 5.74) is 3.87. The minimum atomic E-state index is 0.573. The predicted molar refractivity (Wildman–Crippen MR) is 73.7 cm³/mol. The Morgan fingerprint density at radius 2 is 2.06 bits per heavy atom. The van der Waals surface area contributed by atoms with Gasteiger partial charge in [0.2, 0.25) is 0 Å². The summed E-state index contributed by atoms with van der Waals surface area (Å²) in [6.07, 6.45) is 3.54. The van der Waals surface area contributed by atoms with E-state index in [0.29, 0.717) is 6.04 Å². The fourth-order valence-electron chi connectivity index (χ4n) is 2.73. The molecule has 0 radical (unpaired) electrons. The quantitative estimate of drug-likeness (QED) is 0.889. The molecule has 0 amide bonds. The van der Waals surface area contributed by atoms with Gasteiger partial charge in [-0.25, -0.2) is 0 Å². The molecular formula is C15H23NO2. The van der Waals surface area contributed by atoms with Crippen LogP contribution in [-0.4, -0.2) is 26.8 Å². The molecule has 0 aromatic heterocycles. The molecule has 1 aromatic carbocycles. The molecule has 0 saturated carbocycles. The molecule has 100 valence electrons. The van der Waals surface area contributed by atoms with Crippen molar-refractivity contribution in [1.29, 1.82) is 0 Å². The van der Waals surface area contributed by atoms with Crippen LogP contribution in [0.2, 0.25) is 0 Å². The van der Waals surface area contributed by atoms with Crippen LogP contribution in [-0.2, 0) is 6.42 Å². The summed E-state index contributed by atoms with van der Waals surface area (Å²) in [6.45, 7) is 5.43. The van der Waals surface area contributed by atoms with Gasteiger partial charge in [0.15, 0.2) is 11.5 Å². The lowest BCUT2D eigenvalue weighted by Crippen LogP contribution is -2.24. The highest BCUT2D eigenvalue weighted by Gasteiger charge is 2.21. The second-order valence-electron chi connectivity index (χ2n) is 5.03. The lowest BCUT2D eigenvalue weighted by Gasteiger charge is -2.20. The maximum absolute atomic E-state index is 5.56. The number of aryl methyl sites for hydroxylation is 1. The Balaban J connectivity index is 2.38. The minimum Gasteiger partial charge on any atom is -0.493 e. The molecule has 18 heavy (non-hydrogen) atoms. The molecule has 1 aromatic rings. The van der Waals surface area contributed by atoms with Crippen LogP contribution in [0.25, 0.3) is 0 Å². The van der Waals surface area contributed by atoms with E-state index < -0.39 is 0 Å². The third-order valence-electron chi connectivity index (χ3n) is 3.93. The van der Waals surface area contributed by atoms with Crippen LogP contribution >= 0.6 is 0 Å². The molecule has 1 aliphatic rings. The van der Waals surface area contributed by atoms with E-state index in [1.807, 2.05) is 0 Å². The van der Waals surface area contributed by atoms with Crippen LogP contribution in [0.1, 0.15) is 29.5 Å². The van der Waals surface area contributed by atoms with Gasteiger partial charge in [-0.15, -0.1) is 0 Å². The number of ether oxygens (including phenoxy) is 2. The number of hydrogen-bond acceptors (Lipinski definition) is 3. The van der Waals surface area contributed by atoms with Crippen LogP contribution in [0, 0.1) is 13.8 Å². The smallest absolute Gasteiger partial charge is 0.164 e. The number of benzene rings is 1. The molecule has 3 heteroatoms. The predicted octanol–water partition coefficient (Wildman–Crippen LogP) is 2.62. The van der Waals surface area contributed by atoms with Crippen molar-refractivity contribution in [3.8, 4) is 11.5 Å². The minimum absolute atomic E-state index is 0.573. The van der Waals surface area contributed by atoms with Crippen LogP contribution < -0.4 is 14.8 Å². The van der Waals surface area contributed by atoms with Crippen molar-refractivity contribution in [3.05, 3.63) is 22.8 Å². The lowest BCUT2D eigenvalue weighted by atomic mass is 9.95. The Kier molecular flexibility index (Phi) is 4.12. The van der Waals surface area contributed by atoms with E-state index in [0.717, 1.165) is 24.5 Å². The zero-order valence-electron chi connectivity index (χ0n) is 11.8. The molecule has 1 saturated heterocycles. The first-order valence-electron chi connectivity index (χ1n) is 6.61. The Hall–Kier alpha value is -1.22. The summed E-state index contributed by atoms with van der Waals surface area (Å²) in [7, 11) is 3.42. The molecule has 0 spiro atoms. The molecule has 1 unspecified atom stereocenters. The van der Waals surface area contributed by atoms with Gasteiger partial charge in [-0.2, -0.15) is 0 Å². The Labute approximate surface area is 109 Å². The van der Waals surface area contributed by atoms with Gasteiger partial charge in [0.05, 0.1) is 14.2 Å². The van der Waals surface area contributed by atoms with E-state index >= 15 is 0 Å². The van der Waals surface area contributed by atoms with Crippen molar-refractivity contribution in [3.63, 3.8) is 0 Å². The maximum atomic E-state index is 5.56. The largest absolute Gasteiger partial charge is 0.493 e. The highest BCUT2D eigenvalue weighted by atomic mass is 16.5. The van der Waals surface area contributed by atoms with Gasteiger partial charge in [0.1, 0.15) is 0 Å². The Bertz CT molecular complexity index is 423. The first kappa shape index (κ1) is 13.2. The van der Waals surface area contributed by atoms with Crippen LogP contribution in [0.15, 0.2) is 6.07 Å². The topological polar surface area (TPSA) is 30.5 Å². The third-order valence-corrected chi connectivity index (χ3v) is 3.93. The Morgan fingerprint density at radius 1 is 1.28 bits per heavy atom. The molecule has 0 aliphatic carbocycles. The monoisotopic (exact) mass is 249 g/mol. The standard InChI is InChI=1S/C15H23NO2/c1-10-8-14(17-3)15(18-4)13(11(10)2)9-12-6-5-7-16-12/h8,12,16H,5-7,9H2,1-4H3. The van der Waals surface area contributed by atoms with E-state index in [2.05, 4.69) is 25.2 Å². The van der Waals surface area contributed by atoms with Crippen LogP contribution in [0.5, 0.6) is 11.5 Å². The SMILES string of the molecule is COc1cc(C)c(C)c(CC2CCCN2)c1OC. The van der Waals surface area contributed by atoms with E-state index in [1.165, 1.54) is 29.5 Å². The summed E-state index contributed by atoms with van der Waals surface area (Å²) < 4.78 is 11.0. The van der Waals surface area contributed by atoms with Gasteiger partial charge in [-0.3, -0.25) is 0 Å². The summed E-state index contributed by atoms with van der Waals surface area (Å²) in [6, 6.07) is 2.63. The molecule has 1 aliphatic heterocycles. The fraction of sp³-hybridized carbons (Fsp3) is 0.600. The van der Waals surface area contributed by atoms with Crippen LogP contribution in [0.4, 0.5) is 0 Å². The molecule has 1 atom stereocenters. The van der Waals surface area contributed by atoms with Crippen molar-refractivity contribution < 1.29 is 9.47 Å². The summed E-state index contributed by atoms with van der Waals surface area (Å²) in [5, 5.41) is 3.54. The zero-order valence-corrected chi connectivity index (χ0v) is 11.8. The van der Waals surface area contributed by atoms with Gasteiger partial charge in [0.25, 0.3) is 0 Å². The van der Waals surface area contributed by atoms with Gasteiger partial charge in [0, 0.05) is 11.6 Å². The normalized spacial score (nSPS) is 19.0. The second kappa shape index (κ2) is 5.61. The van der Waals surface area contributed by atoms with Crippen molar-refractivity contribution >= 4 is 0 Å². The first-order valence-corrected chi connectivity index (χ1v) is 6.61. The van der Waals surface area contributed by atoms with Crippen molar-refractivity contribution in [2.45, 2.75) is 39.2 Å². The Morgan fingerprint density at radius 3 is 2.61 bits per heavy atom. The maximum Gasteiger partial charge on any atom is 0.164 e. The van der Waals surface area contributed by atoms with E-state index in [9.17, 15) is 0 Å². The van der Waals surface area contributed by atoms with Crippen molar-refractivity contribution in [2.75, 3.05) is 20.8 Å². The van der Waals surface area contributed by atoms with E-state index in [-0.39, 0.29) is 0 Å². The second-order valence-corrected chi connectivity index (χ2v) is 5.03. The number of methoxy groups -OCH3 is 2. The van der Waals surface area contributed by atoms with Crippen molar-refractivity contribution in [2.24, 2.45) is 0 Å². The van der Waals surface area contributed by atoms with Gasteiger partial charge >= 0.3 is 0 Å². The summed E-state index contributed by atoms with van der Waals surface area (Å²) in [5.74, 6) is 1.74. The highest BCUT2D eigenvalue weighted by molar-refractivity contribution is 5.54. The number of rotatable bonds is 4. The summed E-state index contributed by atoms with van der Waals surface area (Å²) >= 11 is 0. The zero-order chi connectivity index (χ0) is 13.1. The van der Waals surface area contributed by atoms with Crippen molar-refractivity contribution in [1.82, 2.24) is 5.32 Å². The molecule has 3 nitrogen and oxygen atoms in total. The molecule has 2 rings (SSSR count). The summed E-state index contributed by atoms with van der Waals surface area (Å²) in [4.78, 5) is 0. The van der Waals surface area contributed by atoms with Gasteiger partial charge < -0.3 is 14.8 Å². The van der Waals surface area contributed by atoms with E-state index in [4.69, 9.17) is 9.47 Å². The molecule has 0 bridgehead atoms. The first-order chi connectivity index (χ1) is 8.67. The molecule has 1 heterocycles. The van der Waals surface area contributed by atoms with Gasteiger partial charge in [-0.05, 0) is 56.8 Å². The lowest BCUT2D eigenvalue weighted by molar-refractivity contribution is 0.349. The third kappa shape index (κ3) is 2.46. The fourth-order valence-corrected chi connectivity index (χ4v) is 2.73. The molecule has 1 fully saturated rings. The number of nitrogens with one attached hydrogen (secondary N) is 1. The van der Waals surface area contributed by atoms with Crippen LogP contribution in [0.3, 0.4) is 0 Å². The molecule has 1 N–H and O–H groups in total. The molecular weight excluding hydrogens is 226 g/mol.